The lowest BCUT2D eigenvalue weighted by Crippen LogP contribution is -2.24. The molecule has 18 heavy (non-hydrogen) atoms. The van der Waals surface area contributed by atoms with Crippen LogP contribution in [0.4, 0.5) is 0 Å². The number of hydrogen-bond acceptors (Lipinski definition) is 3. The molecule has 0 aliphatic heterocycles. The van der Waals surface area contributed by atoms with Crippen molar-refractivity contribution in [3.05, 3.63) is 0 Å². The molecule has 0 spiro atoms. The van der Waals surface area contributed by atoms with Gasteiger partial charge in [0, 0.05) is 19.4 Å². The topological polar surface area (TPSA) is 92.4 Å². The van der Waals surface area contributed by atoms with E-state index in [1.807, 2.05) is 0 Å². The molecule has 4 N–H and O–H groups in total. The minimum Gasteiger partial charge on any atom is -0.481 e. The molecule has 0 atom stereocenters. The summed E-state index contributed by atoms with van der Waals surface area (Å²) >= 11 is 0. The number of carbonyl (C=O) groups is 2. The van der Waals surface area contributed by atoms with Crippen LogP contribution < -0.4 is 11.1 Å². The molecule has 0 aliphatic rings. The van der Waals surface area contributed by atoms with Gasteiger partial charge in [0.1, 0.15) is 0 Å². The second kappa shape index (κ2) is 12.4. The fraction of sp³-hybridized carbons (Fsp3) is 0.846. The van der Waals surface area contributed by atoms with Gasteiger partial charge in [-0.25, -0.2) is 0 Å². The van der Waals surface area contributed by atoms with E-state index in [1.165, 1.54) is 0 Å². The number of carboxylic acids is 1. The first-order valence-electron chi connectivity index (χ1n) is 6.85. The zero-order valence-corrected chi connectivity index (χ0v) is 11.1. The smallest absolute Gasteiger partial charge is 0.303 e. The molecule has 0 bridgehead atoms. The average Bonchev–Trinajstić information content (AvgIpc) is 2.33. The summed E-state index contributed by atoms with van der Waals surface area (Å²) in [6.07, 6.45) is 7.22. The van der Waals surface area contributed by atoms with Crippen molar-refractivity contribution in [2.75, 3.05) is 13.1 Å². The Hall–Kier alpha value is -1.10. The number of amides is 1. The predicted octanol–water partition coefficient (Wildman–Crippen LogP) is 1.66. The summed E-state index contributed by atoms with van der Waals surface area (Å²) in [6, 6.07) is 0. The maximum Gasteiger partial charge on any atom is 0.303 e. The lowest BCUT2D eigenvalue weighted by molar-refractivity contribution is -0.137. The second-order valence-corrected chi connectivity index (χ2v) is 4.51. The SMILES string of the molecule is NCCCCCCNC(=O)CCCCCC(=O)O. The zero-order chi connectivity index (χ0) is 13.6. The molecule has 0 radical (unpaired) electrons. The molecule has 0 aromatic rings. The van der Waals surface area contributed by atoms with Crippen molar-refractivity contribution < 1.29 is 14.7 Å². The second-order valence-electron chi connectivity index (χ2n) is 4.51. The van der Waals surface area contributed by atoms with Crippen LogP contribution in [0.15, 0.2) is 0 Å². The van der Waals surface area contributed by atoms with Crippen LogP contribution >= 0.6 is 0 Å². The van der Waals surface area contributed by atoms with Crippen LogP contribution in [0, 0.1) is 0 Å². The largest absolute Gasteiger partial charge is 0.481 e. The van der Waals surface area contributed by atoms with E-state index in [4.69, 9.17) is 10.8 Å². The Kier molecular flexibility index (Phi) is 11.6. The molecule has 0 saturated carbocycles. The Morgan fingerprint density at radius 1 is 0.889 bits per heavy atom. The van der Waals surface area contributed by atoms with Gasteiger partial charge in [-0.1, -0.05) is 19.3 Å². The van der Waals surface area contributed by atoms with Crippen LogP contribution in [0.2, 0.25) is 0 Å². The Morgan fingerprint density at radius 2 is 1.50 bits per heavy atom. The average molecular weight is 258 g/mol. The number of aliphatic carboxylic acids is 1. The third-order valence-electron chi connectivity index (χ3n) is 2.75. The van der Waals surface area contributed by atoms with Crippen molar-refractivity contribution >= 4 is 11.9 Å². The van der Waals surface area contributed by atoms with Crippen LogP contribution in [-0.2, 0) is 9.59 Å². The Morgan fingerprint density at radius 3 is 2.17 bits per heavy atom. The Bertz CT molecular complexity index is 232. The molecule has 0 unspecified atom stereocenters. The molecular weight excluding hydrogens is 232 g/mol. The van der Waals surface area contributed by atoms with Gasteiger partial charge in [-0.05, 0) is 32.2 Å². The standard InChI is InChI=1S/C13H26N2O3/c14-10-6-1-2-7-11-15-12(16)8-4-3-5-9-13(17)18/h1-11,14H2,(H,15,16)(H,17,18). The van der Waals surface area contributed by atoms with Gasteiger partial charge in [-0.3, -0.25) is 9.59 Å². The first-order chi connectivity index (χ1) is 8.66. The van der Waals surface area contributed by atoms with Crippen molar-refractivity contribution in [3.63, 3.8) is 0 Å². The monoisotopic (exact) mass is 258 g/mol. The minimum absolute atomic E-state index is 0.0733. The van der Waals surface area contributed by atoms with E-state index in [-0.39, 0.29) is 12.3 Å². The maximum absolute atomic E-state index is 11.4. The zero-order valence-electron chi connectivity index (χ0n) is 11.1. The van der Waals surface area contributed by atoms with Crippen LogP contribution in [-0.4, -0.2) is 30.1 Å². The van der Waals surface area contributed by atoms with Crippen molar-refractivity contribution in [1.82, 2.24) is 5.32 Å². The van der Waals surface area contributed by atoms with Gasteiger partial charge in [-0.2, -0.15) is 0 Å². The maximum atomic E-state index is 11.4. The van der Waals surface area contributed by atoms with Crippen LogP contribution in [0.5, 0.6) is 0 Å². The predicted molar refractivity (Wildman–Crippen MR) is 71.3 cm³/mol. The molecule has 0 aromatic carbocycles. The van der Waals surface area contributed by atoms with E-state index in [9.17, 15) is 9.59 Å². The summed E-state index contributed by atoms with van der Waals surface area (Å²) in [4.78, 5) is 21.6. The fourth-order valence-corrected chi connectivity index (χ4v) is 1.68. The first-order valence-corrected chi connectivity index (χ1v) is 6.85. The van der Waals surface area contributed by atoms with Gasteiger partial charge >= 0.3 is 5.97 Å². The van der Waals surface area contributed by atoms with Crippen LogP contribution in [0.1, 0.15) is 57.8 Å². The highest BCUT2D eigenvalue weighted by Gasteiger charge is 2.01. The number of carboxylic acid groups (broad SMARTS) is 1. The number of carbonyl (C=O) groups excluding carboxylic acids is 1. The highest BCUT2D eigenvalue weighted by atomic mass is 16.4. The molecule has 0 aliphatic carbocycles. The van der Waals surface area contributed by atoms with E-state index >= 15 is 0 Å². The van der Waals surface area contributed by atoms with Crippen LogP contribution in [0.3, 0.4) is 0 Å². The van der Waals surface area contributed by atoms with Gasteiger partial charge < -0.3 is 16.2 Å². The van der Waals surface area contributed by atoms with Gasteiger partial charge in [0.25, 0.3) is 0 Å². The number of unbranched alkanes of at least 4 members (excludes halogenated alkanes) is 5. The normalized spacial score (nSPS) is 10.3. The van der Waals surface area contributed by atoms with Gasteiger partial charge in [0.05, 0.1) is 0 Å². The minimum atomic E-state index is -0.767. The van der Waals surface area contributed by atoms with Gasteiger partial charge in [0.15, 0.2) is 0 Å². The molecular formula is C13H26N2O3. The summed E-state index contributed by atoms with van der Waals surface area (Å²) in [5.41, 5.74) is 5.38. The number of hydrogen-bond donors (Lipinski definition) is 3. The van der Waals surface area contributed by atoms with Crippen molar-refractivity contribution in [1.29, 1.82) is 0 Å². The number of rotatable bonds is 12. The summed E-state index contributed by atoms with van der Waals surface area (Å²) in [6.45, 7) is 1.47. The van der Waals surface area contributed by atoms with Crippen molar-refractivity contribution in [2.24, 2.45) is 5.73 Å². The highest BCUT2D eigenvalue weighted by Crippen LogP contribution is 2.03. The number of nitrogens with one attached hydrogen (secondary N) is 1. The first kappa shape index (κ1) is 16.9. The lowest BCUT2D eigenvalue weighted by Gasteiger charge is -2.04. The highest BCUT2D eigenvalue weighted by molar-refractivity contribution is 5.75. The lowest BCUT2D eigenvalue weighted by atomic mass is 10.1. The Balaban J connectivity index is 3.20. The van der Waals surface area contributed by atoms with E-state index in [1.54, 1.807) is 0 Å². The van der Waals surface area contributed by atoms with E-state index in [0.29, 0.717) is 12.8 Å². The van der Waals surface area contributed by atoms with Crippen LogP contribution in [0.25, 0.3) is 0 Å². The Labute approximate surface area is 109 Å². The summed E-state index contributed by atoms with van der Waals surface area (Å²) < 4.78 is 0. The van der Waals surface area contributed by atoms with E-state index in [2.05, 4.69) is 5.32 Å². The summed E-state index contributed by atoms with van der Waals surface area (Å²) in [7, 11) is 0. The molecule has 0 aromatic heterocycles. The molecule has 0 saturated heterocycles. The van der Waals surface area contributed by atoms with Gasteiger partial charge in [0.2, 0.25) is 5.91 Å². The third kappa shape index (κ3) is 13.0. The van der Waals surface area contributed by atoms with Crippen molar-refractivity contribution in [3.8, 4) is 0 Å². The molecule has 0 fully saturated rings. The van der Waals surface area contributed by atoms with E-state index in [0.717, 1.165) is 51.6 Å². The molecule has 5 heteroatoms. The molecule has 0 heterocycles. The summed E-state index contributed by atoms with van der Waals surface area (Å²) in [5, 5.41) is 11.3. The molecule has 106 valence electrons. The molecule has 5 nitrogen and oxygen atoms in total. The fourth-order valence-electron chi connectivity index (χ4n) is 1.68. The summed E-state index contributed by atoms with van der Waals surface area (Å²) in [5.74, 6) is -0.693. The van der Waals surface area contributed by atoms with E-state index < -0.39 is 5.97 Å². The third-order valence-corrected chi connectivity index (χ3v) is 2.75. The molecule has 0 rings (SSSR count). The van der Waals surface area contributed by atoms with Crippen molar-refractivity contribution in [2.45, 2.75) is 57.8 Å². The van der Waals surface area contributed by atoms with Gasteiger partial charge in [-0.15, -0.1) is 0 Å². The quantitative estimate of drug-likeness (QED) is 0.464. The number of nitrogens with two attached hydrogens (primary N) is 1. The molecule has 1 amide bonds.